The van der Waals surface area contributed by atoms with Gasteiger partial charge in [-0.05, 0) is 73.7 Å². The Labute approximate surface area is 216 Å². The number of alkyl halides is 3. The van der Waals surface area contributed by atoms with Gasteiger partial charge in [-0.25, -0.2) is 18.0 Å². The summed E-state index contributed by atoms with van der Waals surface area (Å²) < 4.78 is 57.5. The monoisotopic (exact) mass is 538 g/mol. The maximum absolute atomic E-state index is 17.4. The van der Waals surface area contributed by atoms with Crippen LogP contribution >= 0.6 is 11.8 Å². The van der Waals surface area contributed by atoms with E-state index in [0.29, 0.717) is 11.8 Å². The summed E-state index contributed by atoms with van der Waals surface area (Å²) in [6.07, 6.45) is 1.16. The van der Waals surface area contributed by atoms with E-state index in [1.807, 2.05) is 0 Å². The third-order valence-electron chi connectivity index (χ3n) is 9.63. The first-order valence-corrected chi connectivity index (χ1v) is 13.3. The summed E-state index contributed by atoms with van der Waals surface area (Å²) in [5.74, 6) is -3.98. The number of fused-ring (bicyclic) bond motifs is 5. The SMILES string of the molecule is CC1CC2[C@@H]3CC(F)C4=CC(=O)C=C[C@]4(C)C3(F)[C@@H](O)C[C@]2(C)C1(OC(=O)c1ccco1)C(=O)SCF. The molecule has 1 aromatic heterocycles. The molecular formula is C27H29F3O6S. The van der Waals surface area contributed by atoms with Gasteiger partial charge in [0.1, 0.15) is 12.2 Å². The number of ether oxygens (including phenoxy) is 1. The number of furan rings is 1. The first-order chi connectivity index (χ1) is 17.4. The number of aliphatic hydroxyl groups is 1. The highest BCUT2D eigenvalue weighted by atomic mass is 32.2. The van der Waals surface area contributed by atoms with E-state index in [2.05, 4.69) is 0 Å². The molecule has 0 saturated heterocycles. The Bertz CT molecular complexity index is 1200. The Kier molecular flexibility index (Phi) is 6.10. The molecule has 3 fully saturated rings. The zero-order valence-electron chi connectivity index (χ0n) is 20.7. The summed E-state index contributed by atoms with van der Waals surface area (Å²) in [4.78, 5) is 38.7. The third-order valence-corrected chi connectivity index (χ3v) is 10.3. The number of ketones is 1. The molecule has 3 saturated carbocycles. The van der Waals surface area contributed by atoms with E-state index in [9.17, 15) is 23.9 Å². The largest absolute Gasteiger partial charge is 0.457 e. The number of thioether (sulfide) groups is 1. The fraction of sp³-hybridized carbons (Fsp3) is 0.593. The van der Waals surface area contributed by atoms with Crippen LogP contribution in [0.1, 0.15) is 50.6 Å². The molecule has 9 atom stereocenters. The second-order valence-corrected chi connectivity index (χ2v) is 12.0. The number of hydrogen-bond acceptors (Lipinski definition) is 7. The average molecular weight is 539 g/mol. The van der Waals surface area contributed by atoms with Crippen molar-refractivity contribution in [1.29, 1.82) is 0 Å². The second kappa shape index (κ2) is 8.59. The quantitative estimate of drug-likeness (QED) is 0.544. The lowest BCUT2D eigenvalue weighted by atomic mass is 9.44. The van der Waals surface area contributed by atoms with E-state index in [4.69, 9.17) is 9.15 Å². The van der Waals surface area contributed by atoms with Gasteiger partial charge in [-0.1, -0.05) is 19.9 Å². The van der Waals surface area contributed by atoms with Crippen LogP contribution in [0.25, 0.3) is 0 Å². The predicted molar refractivity (Wildman–Crippen MR) is 129 cm³/mol. The van der Waals surface area contributed by atoms with Crippen molar-refractivity contribution >= 4 is 28.6 Å². The molecular weight excluding hydrogens is 509 g/mol. The normalized spacial score (nSPS) is 44.5. The summed E-state index contributed by atoms with van der Waals surface area (Å²) in [5, 5.41) is 10.7. The Morgan fingerprint density at radius 2 is 2.00 bits per heavy atom. The van der Waals surface area contributed by atoms with Gasteiger partial charge in [0.2, 0.25) is 10.9 Å². The highest BCUT2D eigenvalue weighted by Crippen LogP contribution is 2.72. The van der Waals surface area contributed by atoms with Crippen molar-refractivity contribution < 1.29 is 41.8 Å². The summed E-state index contributed by atoms with van der Waals surface area (Å²) in [7, 11) is 0. The van der Waals surface area contributed by atoms with Crippen LogP contribution in [0.2, 0.25) is 0 Å². The number of rotatable bonds is 4. The van der Waals surface area contributed by atoms with Gasteiger partial charge < -0.3 is 14.3 Å². The minimum Gasteiger partial charge on any atom is -0.457 e. The van der Waals surface area contributed by atoms with Crippen LogP contribution in [0, 0.1) is 28.6 Å². The van der Waals surface area contributed by atoms with Crippen molar-refractivity contribution in [1.82, 2.24) is 0 Å². The van der Waals surface area contributed by atoms with Gasteiger partial charge in [0.15, 0.2) is 17.1 Å². The van der Waals surface area contributed by atoms with Crippen LogP contribution in [0.15, 0.2) is 46.6 Å². The molecule has 5 unspecified atom stereocenters. The molecule has 6 nitrogen and oxygen atoms in total. The van der Waals surface area contributed by atoms with Crippen LogP contribution in [0.3, 0.4) is 0 Å². The van der Waals surface area contributed by atoms with Crippen molar-refractivity contribution in [2.24, 2.45) is 28.6 Å². The fourth-order valence-corrected chi connectivity index (χ4v) is 8.76. The highest BCUT2D eigenvalue weighted by molar-refractivity contribution is 8.13. The van der Waals surface area contributed by atoms with Crippen LogP contribution in [0.5, 0.6) is 0 Å². The van der Waals surface area contributed by atoms with Gasteiger partial charge in [0.05, 0.1) is 12.4 Å². The van der Waals surface area contributed by atoms with Gasteiger partial charge in [-0.3, -0.25) is 9.59 Å². The predicted octanol–water partition coefficient (Wildman–Crippen LogP) is 4.93. The molecule has 10 heteroatoms. The first-order valence-electron chi connectivity index (χ1n) is 12.3. The Hall–Kier alpha value is -2.33. The van der Waals surface area contributed by atoms with E-state index in [1.54, 1.807) is 13.8 Å². The molecule has 0 bridgehead atoms. The van der Waals surface area contributed by atoms with Gasteiger partial charge >= 0.3 is 5.97 Å². The number of hydrogen-bond donors (Lipinski definition) is 1. The maximum atomic E-state index is 17.4. The average Bonchev–Trinajstić information content (AvgIpc) is 3.45. The van der Waals surface area contributed by atoms with Crippen LogP contribution in [0.4, 0.5) is 13.2 Å². The lowest BCUT2D eigenvalue weighted by Crippen LogP contribution is -2.70. The van der Waals surface area contributed by atoms with Gasteiger partial charge in [-0.2, -0.15) is 0 Å². The molecule has 0 aromatic carbocycles. The standard InChI is InChI=1S/C27H29F3O6S/c1-14-9-16-17-11-19(29)18-10-15(31)6-7-24(18,2)26(17,30)21(32)12-25(16,3)27(14,23(34)37-13-28)36-22(33)20-5-4-8-35-20/h4-8,10,14,16-17,19,21,32H,9,11-13H2,1-3H3/t14?,16?,17-,19?,21-,24-,25-,26?,27?/m0/s1. The Morgan fingerprint density at radius 1 is 1.27 bits per heavy atom. The first kappa shape index (κ1) is 26.3. The topological polar surface area (TPSA) is 93.8 Å². The molecule has 200 valence electrons. The van der Waals surface area contributed by atoms with Crippen molar-refractivity contribution in [3.8, 4) is 0 Å². The Morgan fingerprint density at radius 3 is 2.65 bits per heavy atom. The van der Waals surface area contributed by atoms with Gasteiger partial charge in [0.25, 0.3) is 0 Å². The second-order valence-electron chi connectivity index (χ2n) is 11.1. The summed E-state index contributed by atoms with van der Waals surface area (Å²) >= 11 is 0.352. The molecule has 4 aliphatic rings. The van der Waals surface area contributed by atoms with Crippen LogP contribution in [-0.4, -0.2) is 51.5 Å². The van der Waals surface area contributed by atoms with E-state index in [1.165, 1.54) is 37.5 Å². The maximum Gasteiger partial charge on any atom is 0.375 e. The van der Waals surface area contributed by atoms with E-state index < -0.39 is 75.0 Å². The summed E-state index contributed by atoms with van der Waals surface area (Å²) in [5.41, 5.74) is -7.19. The Balaban J connectivity index is 1.64. The summed E-state index contributed by atoms with van der Waals surface area (Å²) in [6, 6.07) is 1.78. The van der Waals surface area contributed by atoms with Crippen LogP contribution in [-0.2, 0) is 14.3 Å². The van der Waals surface area contributed by atoms with Crippen molar-refractivity contribution in [2.75, 3.05) is 6.01 Å². The smallest absolute Gasteiger partial charge is 0.375 e. The molecule has 1 N–H and O–H groups in total. The lowest BCUT2D eigenvalue weighted by molar-refractivity contribution is -0.221. The molecule has 0 spiro atoms. The van der Waals surface area contributed by atoms with E-state index in [0.717, 1.165) is 6.08 Å². The zero-order valence-corrected chi connectivity index (χ0v) is 21.5. The highest BCUT2D eigenvalue weighted by Gasteiger charge is 2.78. The molecule has 1 heterocycles. The minimum atomic E-state index is -2.35. The molecule has 0 amide bonds. The number of carbonyl (C=O) groups is 3. The molecule has 0 aliphatic heterocycles. The van der Waals surface area contributed by atoms with E-state index in [-0.39, 0.29) is 30.6 Å². The summed E-state index contributed by atoms with van der Waals surface area (Å²) in [6.45, 7) is 4.79. The number of halogens is 3. The molecule has 37 heavy (non-hydrogen) atoms. The fourth-order valence-electron chi connectivity index (χ4n) is 7.97. The van der Waals surface area contributed by atoms with Gasteiger partial charge in [0, 0.05) is 22.7 Å². The van der Waals surface area contributed by atoms with E-state index >= 15 is 8.78 Å². The lowest BCUT2D eigenvalue weighted by Gasteiger charge is -2.63. The van der Waals surface area contributed by atoms with Crippen molar-refractivity contribution in [3.05, 3.63) is 48.0 Å². The zero-order chi connectivity index (χ0) is 27.0. The number of carbonyl (C=O) groups excluding carboxylic acids is 3. The molecule has 0 radical (unpaired) electrons. The van der Waals surface area contributed by atoms with Crippen LogP contribution < -0.4 is 0 Å². The molecule has 1 aromatic rings. The molecule has 4 aliphatic carbocycles. The number of aliphatic hydroxyl groups excluding tert-OH is 1. The molecule has 5 rings (SSSR count). The minimum absolute atomic E-state index is 0.00739. The third kappa shape index (κ3) is 3.27. The van der Waals surface area contributed by atoms with Gasteiger partial charge in [-0.15, -0.1) is 0 Å². The van der Waals surface area contributed by atoms with Crippen molar-refractivity contribution in [3.63, 3.8) is 0 Å². The number of allylic oxidation sites excluding steroid dienone is 4. The van der Waals surface area contributed by atoms with Crippen molar-refractivity contribution in [2.45, 2.75) is 63.6 Å². The number of esters is 1.